The summed E-state index contributed by atoms with van der Waals surface area (Å²) in [7, 11) is 1.45. The molecular weight excluding hydrogens is 452 g/mol. The monoisotopic (exact) mass is 490 g/mol. The molecule has 4 amide bonds. The lowest BCUT2D eigenvalue weighted by Crippen LogP contribution is -2.52. The Kier molecular flexibility index (Phi) is 9.91. The third-order valence-electron chi connectivity index (χ3n) is 5.79. The molecule has 10 nitrogen and oxygen atoms in total. The number of nitrogens with zero attached hydrogens (tertiary/aromatic N) is 1. The van der Waals surface area contributed by atoms with Gasteiger partial charge in [-0.15, -0.1) is 0 Å². The van der Waals surface area contributed by atoms with Gasteiger partial charge < -0.3 is 31.1 Å². The largest absolute Gasteiger partial charge is 0.508 e. The fourth-order valence-corrected chi connectivity index (χ4v) is 4.14. The van der Waals surface area contributed by atoms with Crippen LogP contribution in [-0.4, -0.2) is 58.6 Å². The number of nitrogens with two attached hydrogens (primary N) is 1. The van der Waals surface area contributed by atoms with Crippen LogP contribution >= 0.6 is 0 Å². The van der Waals surface area contributed by atoms with E-state index in [1.807, 2.05) is 0 Å². The van der Waals surface area contributed by atoms with E-state index in [0.29, 0.717) is 5.56 Å². The molecule has 0 bridgehead atoms. The first kappa shape index (κ1) is 27.9. The quantitative estimate of drug-likeness (QED) is 0.417. The Bertz CT molecular complexity index is 907. The van der Waals surface area contributed by atoms with Crippen LogP contribution in [0.4, 0.5) is 4.79 Å². The number of aromatic hydroxyl groups is 1. The van der Waals surface area contributed by atoms with Gasteiger partial charge in [-0.3, -0.25) is 14.4 Å². The normalized spacial score (nSPS) is 16.0. The number of likely N-dealkylation sites (N-methyl/N-ethyl adjacent to an activating group) is 1. The third-order valence-corrected chi connectivity index (χ3v) is 5.79. The zero-order valence-corrected chi connectivity index (χ0v) is 21.0. The number of primary amides is 1. The van der Waals surface area contributed by atoms with Gasteiger partial charge in [0.25, 0.3) is 0 Å². The Hall–Kier alpha value is -3.30. The van der Waals surface area contributed by atoms with Gasteiger partial charge in [-0.25, -0.2) is 4.79 Å². The van der Waals surface area contributed by atoms with Crippen LogP contribution in [0.1, 0.15) is 77.3 Å². The molecule has 35 heavy (non-hydrogen) atoms. The summed E-state index contributed by atoms with van der Waals surface area (Å²) in [6.07, 6.45) is 3.85. The maximum Gasteiger partial charge on any atom is 0.408 e. The number of carbonyl (C=O) groups is 4. The van der Waals surface area contributed by atoms with E-state index in [2.05, 4.69) is 10.6 Å². The summed E-state index contributed by atoms with van der Waals surface area (Å²) in [6, 6.07) is 3.93. The Morgan fingerprint density at radius 3 is 2.40 bits per heavy atom. The van der Waals surface area contributed by atoms with Gasteiger partial charge in [-0.05, 0) is 57.7 Å². The van der Waals surface area contributed by atoms with Crippen LogP contribution in [0.2, 0.25) is 0 Å². The molecule has 0 aromatic heterocycles. The third kappa shape index (κ3) is 9.11. The number of phenolic OH excluding ortho intramolecular Hbond substituents is 1. The first-order valence-electron chi connectivity index (χ1n) is 12.0. The summed E-state index contributed by atoms with van der Waals surface area (Å²) in [4.78, 5) is 51.9. The highest BCUT2D eigenvalue weighted by Gasteiger charge is 2.35. The number of phenols is 1. The lowest BCUT2D eigenvalue weighted by molar-refractivity contribution is -0.141. The number of hydrogen-bond acceptors (Lipinski definition) is 6. The van der Waals surface area contributed by atoms with E-state index in [4.69, 9.17) is 10.5 Å². The predicted octanol–water partition coefficient (Wildman–Crippen LogP) is 2.50. The van der Waals surface area contributed by atoms with Gasteiger partial charge in [0.15, 0.2) is 0 Å². The standard InChI is InChI=1S/C25H38N4O6/c1-25(2,3)35-24(34)28-19(13-14-20(26)31)23(33)29(4)21(16-9-8-12-18(30)15-16)22(32)27-17-10-6-5-7-11-17/h8-9,12,15,17,19,21,30H,5-7,10-11,13-14H2,1-4H3,(H2,26,31)(H,27,32)(H,28,34). The smallest absolute Gasteiger partial charge is 0.408 e. The fourth-order valence-electron chi connectivity index (χ4n) is 4.14. The summed E-state index contributed by atoms with van der Waals surface area (Å²) in [5, 5.41) is 15.5. The Labute approximate surface area is 206 Å². The van der Waals surface area contributed by atoms with E-state index in [0.717, 1.165) is 32.1 Å². The van der Waals surface area contributed by atoms with Crippen molar-refractivity contribution in [2.45, 2.75) is 89.4 Å². The predicted molar refractivity (Wildman–Crippen MR) is 130 cm³/mol. The van der Waals surface area contributed by atoms with Gasteiger partial charge in [-0.2, -0.15) is 0 Å². The summed E-state index contributed by atoms with van der Waals surface area (Å²) in [5.74, 6) is -1.65. The van der Waals surface area contributed by atoms with E-state index in [1.54, 1.807) is 32.9 Å². The minimum Gasteiger partial charge on any atom is -0.508 e. The maximum atomic E-state index is 13.5. The Morgan fingerprint density at radius 2 is 1.83 bits per heavy atom. The van der Waals surface area contributed by atoms with E-state index in [1.165, 1.54) is 24.1 Å². The molecule has 2 rings (SSSR count). The Balaban J connectivity index is 2.30. The van der Waals surface area contributed by atoms with Crippen molar-refractivity contribution < 1.29 is 29.0 Å². The van der Waals surface area contributed by atoms with Crippen molar-refractivity contribution in [3.05, 3.63) is 29.8 Å². The van der Waals surface area contributed by atoms with Crippen molar-refractivity contribution in [3.8, 4) is 5.75 Å². The highest BCUT2D eigenvalue weighted by atomic mass is 16.6. The summed E-state index contributed by atoms with van der Waals surface area (Å²) in [5.41, 5.74) is 4.89. The highest BCUT2D eigenvalue weighted by Crippen LogP contribution is 2.26. The molecule has 0 radical (unpaired) electrons. The van der Waals surface area contributed by atoms with Crippen LogP contribution < -0.4 is 16.4 Å². The molecule has 1 aromatic rings. The van der Waals surface area contributed by atoms with Crippen LogP contribution in [0.3, 0.4) is 0 Å². The molecule has 1 aromatic carbocycles. The van der Waals surface area contributed by atoms with E-state index < -0.39 is 35.6 Å². The van der Waals surface area contributed by atoms with Crippen LogP contribution in [0, 0.1) is 0 Å². The summed E-state index contributed by atoms with van der Waals surface area (Å²) >= 11 is 0. The van der Waals surface area contributed by atoms with Crippen LogP contribution in [0.25, 0.3) is 0 Å². The van der Waals surface area contributed by atoms with Crippen LogP contribution in [0.5, 0.6) is 5.75 Å². The van der Waals surface area contributed by atoms with Crippen molar-refractivity contribution in [3.63, 3.8) is 0 Å². The molecule has 194 valence electrons. The second-order valence-electron chi connectivity index (χ2n) is 9.99. The number of alkyl carbamates (subject to hydrolysis) is 1. The lowest BCUT2D eigenvalue weighted by atomic mass is 9.94. The minimum atomic E-state index is -1.15. The number of rotatable bonds is 9. The molecule has 1 aliphatic carbocycles. The van der Waals surface area contributed by atoms with E-state index >= 15 is 0 Å². The van der Waals surface area contributed by atoms with Crippen molar-refractivity contribution in [1.29, 1.82) is 0 Å². The van der Waals surface area contributed by atoms with E-state index in [9.17, 15) is 24.3 Å². The van der Waals surface area contributed by atoms with E-state index in [-0.39, 0.29) is 30.5 Å². The molecule has 10 heteroatoms. The number of amides is 4. The number of benzene rings is 1. The molecule has 1 aliphatic rings. The first-order valence-corrected chi connectivity index (χ1v) is 12.0. The molecule has 0 spiro atoms. The molecule has 0 aliphatic heterocycles. The molecule has 5 N–H and O–H groups in total. The average molecular weight is 491 g/mol. The number of hydrogen-bond donors (Lipinski definition) is 4. The topological polar surface area (TPSA) is 151 Å². The van der Waals surface area contributed by atoms with Gasteiger partial charge in [0.1, 0.15) is 23.4 Å². The van der Waals surface area contributed by atoms with Gasteiger partial charge in [0.05, 0.1) is 0 Å². The summed E-state index contributed by atoms with van der Waals surface area (Å²) in [6.45, 7) is 5.06. The number of carbonyl (C=O) groups excluding carboxylic acids is 4. The second-order valence-corrected chi connectivity index (χ2v) is 9.99. The second kappa shape index (κ2) is 12.4. The molecule has 2 unspecified atom stereocenters. The van der Waals surface area contributed by atoms with Crippen molar-refractivity contribution in [2.75, 3.05) is 7.05 Å². The van der Waals surface area contributed by atoms with Crippen LogP contribution in [0.15, 0.2) is 24.3 Å². The molecule has 0 heterocycles. The number of nitrogens with one attached hydrogen (secondary N) is 2. The zero-order valence-electron chi connectivity index (χ0n) is 21.0. The van der Waals surface area contributed by atoms with Gasteiger partial charge in [0, 0.05) is 19.5 Å². The average Bonchev–Trinajstić information content (AvgIpc) is 2.75. The molecule has 1 saturated carbocycles. The van der Waals surface area contributed by atoms with Gasteiger partial charge >= 0.3 is 6.09 Å². The molecular formula is C25H38N4O6. The first-order chi connectivity index (χ1) is 16.4. The van der Waals surface area contributed by atoms with Crippen molar-refractivity contribution >= 4 is 23.8 Å². The fraction of sp³-hybridized carbons (Fsp3) is 0.600. The van der Waals surface area contributed by atoms with Gasteiger partial charge in [0.2, 0.25) is 17.7 Å². The lowest BCUT2D eigenvalue weighted by Gasteiger charge is -2.33. The zero-order chi connectivity index (χ0) is 26.2. The van der Waals surface area contributed by atoms with Crippen molar-refractivity contribution in [1.82, 2.24) is 15.5 Å². The Morgan fingerprint density at radius 1 is 1.17 bits per heavy atom. The highest BCUT2D eigenvalue weighted by molar-refractivity contribution is 5.92. The van der Waals surface area contributed by atoms with Crippen molar-refractivity contribution in [2.24, 2.45) is 5.73 Å². The molecule has 0 saturated heterocycles. The van der Waals surface area contributed by atoms with Crippen LogP contribution in [-0.2, 0) is 19.1 Å². The SMILES string of the molecule is CN(C(=O)C(CCC(N)=O)NC(=O)OC(C)(C)C)C(C(=O)NC1CCCCC1)c1cccc(O)c1. The number of ether oxygens (including phenoxy) is 1. The molecule has 1 fully saturated rings. The summed E-state index contributed by atoms with van der Waals surface area (Å²) < 4.78 is 5.26. The minimum absolute atomic E-state index is 0.00473. The van der Waals surface area contributed by atoms with Gasteiger partial charge in [-0.1, -0.05) is 31.4 Å². The molecule has 2 atom stereocenters. The maximum absolute atomic E-state index is 13.5.